The van der Waals surface area contributed by atoms with E-state index in [0.717, 1.165) is 13.0 Å². The number of nitrogens with zero attached hydrogens (tertiary/aromatic N) is 1. The summed E-state index contributed by atoms with van der Waals surface area (Å²) in [6.45, 7) is 8.59. The first kappa shape index (κ1) is 16.5. The van der Waals surface area contributed by atoms with Crippen molar-refractivity contribution in [3.8, 4) is 0 Å². The minimum absolute atomic E-state index is 0.195. The SMILES string of the molecule is CC(O)CC1CCCCCN1Cc1ccc(C(C)C)cc1. The van der Waals surface area contributed by atoms with Gasteiger partial charge in [-0.15, -0.1) is 0 Å². The van der Waals surface area contributed by atoms with Crippen molar-refractivity contribution in [3.63, 3.8) is 0 Å². The van der Waals surface area contributed by atoms with Crippen molar-refractivity contribution in [2.75, 3.05) is 6.54 Å². The lowest BCUT2D eigenvalue weighted by molar-refractivity contribution is 0.108. The van der Waals surface area contributed by atoms with Gasteiger partial charge in [-0.05, 0) is 49.8 Å². The summed E-state index contributed by atoms with van der Waals surface area (Å²) in [4.78, 5) is 2.59. The molecule has 2 atom stereocenters. The molecule has 2 heteroatoms. The lowest BCUT2D eigenvalue weighted by Crippen LogP contribution is -2.36. The van der Waals surface area contributed by atoms with Crippen LogP contribution >= 0.6 is 0 Å². The van der Waals surface area contributed by atoms with Crippen LogP contribution in [0.25, 0.3) is 0 Å². The topological polar surface area (TPSA) is 23.5 Å². The summed E-state index contributed by atoms with van der Waals surface area (Å²) < 4.78 is 0. The molecular formula is C19H31NO. The minimum Gasteiger partial charge on any atom is -0.393 e. The maximum absolute atomic E-state index is 9.75. The van der Waals surface area contributed by atoms with Crippen LogP contribution in [-0.4, -0.2) is 28.7 Å². The van der Waals surface area contributed by atoms with E-state index in [2.05, 4.69) is 43.0 Å². The summed E-state index contributed by atoms with van der Waals surface area (Å²) in [5, 5.41) is 9.75. The zero-order chi connectivity index (χ0) is 15.2. The van der Waals surface area contributed by atoms with Crippen molar-refractivity contribution in [3.05, 3.63) is 35.4 Å². The Morgan fingerprint density at radius 3 is 2.43 bits per heavy atom. The summed E-state index contributed by atoms with van der Waals surface area (Å²) in [5.41, 5.74) is 2.81. The second kappa shape index (κ2) is 7.95. The summed E-state index contributed by atoms with van der Waals surface area (Å²) in [5.74, 6) is 0.597. The molecule has 0 aliphatic carbocycles. The molecule has 0 bridgehead atoms. The van der Waals surface area contributed by atoms with Gasteiger partial charge < -0.3 is 5.11 Å². The number of hydrogen-bond acceptors (Lipinski definition) is 2. The Hall–Kier alpha value is -0.860. The molecule has 1 aromatic carbocycles. The van der Waals surface area contributed by atoms with E-state index < -0.39 is 0 Å². The third kappa shape index (κ3) is 5.12. The molecular weight excluding hydrogens is 258 g/mol. The van der Waals surface area contributed by atoms with Gasteiger partial charge in [-0.1, -0.05) is 51.0 Å². The van der Waals surface area contributed by atoms with E-state index in [9.17, 15) is 5.11 Å². The van der Waals surface area contributed by atoms with Crippen LogP contribution in [0.2, 0.25) is 0 Å². The minimum atomic E-state index is -0.195. The van der Waals surface area contributed by atoms with E-state index >= 15 is 0 Å². The van der Waals surface area contributed by atoms with Gasteiger partial charge in [-0.25, -0.2) is 0 Å². The van der Waals surface area contributed by atoms with Crippen molar-refractivity contribution < 1.29 is 5.11 Å². The van der Waals surface area contributed by atoms with Crippen molar-refractivity contribution in [1.82, 2.24) is 4.90 Å². The quantitative estimate of drug-likeness (QED) is 0.872. The number of rotatable bonds is 5. The fraction of sp³-hybridized carbons (Fsp3) is 0.684. The lowest BCUT2D eigenvalue weighted by atomic mass is 10.0. The highest BCUT2D eigenvalue weighted by Gasteiger charge is 2.22. The average Bonchev–Trinajstić information content (AvgIpc) is 2.65. The molecule has 21 heavy (non-hydrogen) atoms. The number of aliphatic hydroxyl groups excluding tert-OH is 1. The zero-order valence-electron chi connectivity index (χ0n) is 13.9. The van der Waals surface area contributed by atoms with E-state index in [1.807, 2.05) is 6.92 Å². The fourth-order valence-corrected chi connectivity index (χ4v) is 3.35. The van der Waals surface area contributed by atoms with E-state index in [-0.39, 0.29) is 6.10 Å². The highest BCUT2D eigenvalue weighted by Crippen LogP contribution is 2.23. The van der Waals surface area contributed by atoms with E-state index in [1.54, 1.807) is 0 Å². The number of likely N-dealkylation sites (tertiary alicyclic amines) is 1. The molecule has 1 aliphatic rings. The van der Waals surface area contributed by atoms with Crippen molar-refractivity contribution in [2.45, 2.75) is 77.5 Å². The molecule has 0 amide bonds. The van der Waals surface area contributed by atoms with Crippen LogP contribution in [-0.2, 0) is 6.54 Å². The predicted octanol–water partition coefficient (Wildman–Crippen LogP) is 4.33. The van der Waals surface area contributed by atoms with Gasteiger partial charge >= 0.3 is 0 Å². The maximum atomic E-state index is 9.75. The van der Waals surface area contributed by atoms with Gasteiger partial charge in [0.2, 0.25) is 0 Å². The molecule has 0 spiro atoms. The third-order valence-corrected chi connectivity index (χ3v) is 4.64. The molecule has 2 nitrogen and oxygen atoms in total. The molecule has 2 unspecified atom stereocenters. The van der Waals surface area contributed by atoms with Crippen molar-refractivity contribution in [2.24, 2.45) is 0 Å². The molecule has 2 rings (SSSR count). The fourth-order valence-electron chi connectivity index (χ4n) is 3.35. The molecule has 1 N–H and O–H groups in total. The molecule has 1 saturated heterocycles. The summed E-state index contributed by atoms with van der Waals surface area (Å²) in [6, 6.07) is 9.62. The average molecular weight is 289 g/mol. The van der Waals surface area contributed by atoms with Crippen molar-refractivity contribution >= 4 is 0 Å². The Kier molecular flexibility index (Phi) is 6.25. The van der Waals surface area contributed by atoms with Crippen molar-refractivity contribution in [1.29, 1.82) is 0 Å². The predicted molar refractivity (Wildman–Crippen MR) is 89.5 cm³/mol. The van der Waals surface area contributed by atoms with Gasteiger partial charge in [0.05, 0.1) is 6.10 Å². The van der Waals surface area contributed by atoms with Crippen LogP contribution in [0.4, 0.5) is 0 Å². The standard InChI is InChI=1S/C19H31NO/c1-15(2)18-10-8-17(9-11-18)14-20-12-6-4-5-7-19(20)13-16(3)21/h8-11,15-16,19,21H,4-7,12-14H2,1-3H3. The van der Waals surface area contributed by atoms with Crippen LogP contribution in [0, 0.1) is 0 Å². The Morgan fingerprint density at radius 2 is 1.81 bits per heavy atom. The molecule has 0 aromatic heterocycles. The molecule has 0 radical (unpaired) electrons. The molecule has 1 heterocycles. The lowest BCUT2D eigenvalue weighted by Gasteiger charge is -2.31. The van der Waals surface area contributed by atoms with Crippen LogP contribution in [0.5, 0.6) is 0 Å². The van der Waals surface area contributed by atoms with Gasteiger partial charge in [0.15, 0.2) is 0 Å². The molecule has 0 saturated carbocycles. The monoisotopic (exact) mass is 289 g/mol. The molecule has 118 valence electrons. The second-order valence-electron chi connectivity index (χ2n) is 6.95. The summed E-state index contributed by atoms with van der Waals surface area (Å²) in [6.07, 6.45) is 5.87. The smallest absolute Gasteiger partial charge is 0.0527 e. The van der Waals surface area contributed by atoms with Gasteiger partial charge in [0.1, 0.15) is 0 Å². The van der Waals surface area contributed by atoms with Crippen LogP contribution in [0.1, 0.15) is 69.9 Å². The Morgan fingerprint density at radius 1 is 1.10 bits per heavy atom. The van der Waals surface area contributed by atoms with E-state index in [0.29, 0.717) is 12.0 Å². The molecule has 1 aromatic rings. The maximum Gasteiger partial charge on any atom is 0.0527 e. The zero-order valence-corrected chi connectivity index (χ0v) is 13.9. The Balaban J connectivity index is 2.03. The van der Waals surface area contributed by atoms with Gasteiger partial charge in [0.25, 0.3) is 0 Å². The Labute approximate surface area is 130 Å². The number of hydrogen-bond donors (Lipinski definition) is 1. The first-order chi connectivity index (χ1) is 10.1. The normalized spacial score (nSPS) is 22.2. The van der Waals surface area contributed by atoms with Gasteiger partial charge in [-0.3, -0.25) is 4.90 Å². The van der Waals surface area contributed by atoms with Gasteiger partial charge in [-0.2, -0.15) is 0 Å². The van der Waals surface area contributed by atoms with Crippen LogP contribution < -0.4 is 0 Å². The molecule has 1 fully saturated rings. The largest absolute Gasteiger partial charge is 0.393 e. The van der Waals surface area contributed by atoms with Crippen LogP contribution in [0.15, 0.2) is 24.3 Å². The summed E-state index contributed by atoms with van der Waals surface area (Å²) >= 11 is 0. The third-order valence-electron chi connectivity index (χ3n) is 4.64. The second-order valence-corrected chi connectivity index (χ2v) is 6.95. The summed E-state index contributed by atoms with van der Waals surface area (Å²) in [7, 11) is 0. The van der Waals surface area contributed by atoms with E-state index in [4.69, 9.17) is 0 Å². The van der Waals surface area contributed by atoms with Crippen LogP contribution in [0.3, 0.4) is 0 Å². The van der Waals surface area contributed by atoms with E-state index in [1.165, 1.54) is 43.4 Å². The first-order valence-electron chi connectivity index (χ1n) is 8.57. The number of aliphatic hydroxyl groups is 1. The highest BCUT2D eigenvalue weighted by molar-refractivity contribution is 5.24. The highest BCUT2D eigenvalue weighted by atomic mass is 16.3. The Bertz CT molecular complexity index is 410. The molecule has 1 aliphatic heterocycles. The first-order valence-corrected chi connectivity index (χ1v) is 8.57. The van der Waals surface area contributed by atoms with Gasteiger partial charge in [0, 0.05) is 12.6 Å². The number of benzene rings is 1.